The van der Waals surface area contributed by atoms with Crippen LogP contribution in [0.2, 0.25) is 0 Å². The number of carbonyl (C=O) groups excluding carboxylic acids is 1. The van der Waals surface area contributed by atoms with Crippen LogP contribution in [0, 0.1) is 12.3 Å². The SMILES string of the molecule is CCC1(C(=O)c2ccc(C)nc2)CCNCC1. The Morgan fingerprint density at radius 1 is 1.41 bits per heavy atom. The molecule has 1 fully saturated rings. The first-order valence-corrected chi connectivity index (χ1v) is 6.36. The molecule has 3 nitrogen and oxygen atoms in total. The first-order valence-electron chi connectivity index (χ1n) is 6.36. The third-order valence-electron chi connectivity index (χ3n) is 3.89. The molecule has 0 unspecified atom stereocenters. The van der Waals surface area contributed by atoms with Gasteiger partial charge in [0.25, 0.3) is 0 Å². The minimum atomic E-state index is -0.164. The van der Waals surface area contributed by atoms with Crippen LogP contribution in [-0.4, -0.2) is 23.9 Å². The molecule has 0 saturated carbocycles. The van der Waals surface area contributed by atoms with Gasteiger partial charge in [-0.2, -0.15) is 0 Å². The quantitative estimate of drug-likeness (QED) is 0.813. The Bertz CT molecular complexity index is 391. The van der Waals surface area contributed by atoms with Crippen LogP contribution < -0.4 is 5.32 Å². The lowest BCUT2D eigenvalue weighted by Gasteiger charge is -2.35. The highest BCUT2D eigenvalue weighted by atomic mass is 16.1. The monoisotopic (exact) mass is 232 g/mol. The predicted molar refractivity (Wildman–Crippen MR) is 68.1 cm³/mol. The Kier molecular flexibility index (Phi) is 3.57. The number of nitrogens with zero attached hydrogens (tertiary/aromatic N) is 1. The lowest BCUT2D eigenvalue weighted by molar-refractivity contribution is 0.0717. The molecule has 1 aliphatic heterocycles. The zero-order valence-corrected chi connectivity index (χ0v) is 10.6. The van der Waals surface area contributed by atoms with E-state index in [1.807, 2.05) is 19.1 Å². The van der Waals surface area contributed by atoms with Crippen LogP contribution >= 0.6 is 0 Å². The molecular weight excluding hydrogens is 212 g/mol. The van der Waals surface area contributed by atoms with Gasteiger partial charge in [-0.25, -0.2) is 0 Å². The molecule has 0 spiro atoms. The summed E-state index contributed by atoms with van der Waals surface area (Å²) in [5.41, 5.74) is 1.55. The lowest BCUT2D eigenvalue weighted by Crippen LogP contribution is -2.41. The minimum Gasteiger partial charge on any atom is -0.317 e. The number of piperidine rings is 1. The van der Waals surface area contributed by atoms with Gasteiger partial charge in [-0.15, -0.1) is 0 Å². The van der Waals surface area contributed by atoms with Gasteiger partial charge in [0.15, 0.2) is 5.78 Å². The second-order valence-corrected chi connectivity index (χ2v) is 4.90. The minimum absolute atomic E-state index is 0.164. The number of hydrogen-bond acceptors (Lipinski definition) is 3. The number of ketones is 1. The van der Waals surface area contributed by atoms with Gasteiger partial charge >= 0.3 is 0 Å². The van der Waals surface area contributed by atoms with Crippen molar-refractivity contribution in [2.24, 2.45) is 5.41 Å². The molecule has 1 aromatic rings. The van der Waals surface area contributed by atoms with E-state index in [0.717, 1.165) is 43.6 Å². The third kappa shape index (κ3) is 2.39. The van der Waals surface area contributed by atoms with E-state index in [0.29, 0.717) is 0 Å². The summed E-state index contributed by atoms with van der Waals surface area (Å²) in [7, 11) is 0. The van der Waals surface area contributed by atoms with Crippen LogP contribution in [0.1, 0.15) is 42.2 Å². The van der Waals surface area contributed by atoms with E-state index in [9.17, 15) is 4.79 Å². The fourth-order valence-electron chi connectivity index (χ4n) is 2.55. The number of Topliss-reactive ketones (excluding diaryl/α,β-unsaturated/α-hetero) is 1. The predicted octanol–water partition coefficient (Wildman–Crippen LogP) is 2.35. The summed E-state index contributed by atoms with van der Waals surface area (Å²) < 4.78 is 0. The molecule has 2 heterocycles. The maximum Gasteiger partial charge on any atom is 0.170 e. The van der Waals surface area contributed by atoms with Crippen LogP contribution in [0.3, 0.4) is 0 Å². The largest absolute Gasteiger partial charge is 0.317 e. The van der Waals surface area contributed by atoms with Gasteiger partial charge in [0.2, 0.25) is 0 Å². The molecule has 0 bridgehead atoms. The molecule has 0 amide bonds. The van der Waals surface area contributed by atoms with E-state index in [4.69, 9.17) is 0 Å². The second-order valence-electron chi connectivity index (χ2n) is 4.90. The highest BCUT2D eigenvalue weighted by molar-refractivity contribution is 6.00. The van der Waals surface area contributed by atoms with Crippen molar-refractivity contribution in [2.75, 3.05) is 13.1 Å². The maximum atomic E-state index is 12.6. The number of pyridine rings is 1. The maximum absolute atomic E-state index is 12.6. The van der Waals surface area contributed by atoms with Crippen LogP contribution in [0.4, 0.5) is 0 Å². The summed E-state index contributed by atoms with van der Waals surface area (Å²) >= 11 is 0. The first kappa shape index (κ1) is 12.2. The topological polar surface area (TPSA) is 42.0 Å². The second kappa shape index (κ2) is 4.96. The smallest absolute Gasteiger partial charge is 0.170 e. The summed E-state index contributed by atoms with van der Waals surface area (Å²) in [5, 5.41) is 3.32. The molecule has 1 aromatic heterocycles. The van der Waals surface area contributed by atoms with E-state index in [-0.39, 0.29) is 11.2 Å². The Morgan fingerprint density at radius 2 is 2.12 bits per heavy atom. The Labute approximate surface area is 103 Å². The number of hydrogen-bond donors (Lipinski definition) is 1. The van der Waals surface area contributed by atoms with E-state index in [2.05, 4.69) is 17.2 Å². The van der Waals surface area contributed by atoms with Gasteiger partial charge in [-0.1, -0.05) is 6.92 Å². The summed E-state index contributed by atoms with van der Waals surface area (Å²) in [6, 6.07) is 3.82. The van der Waals surface area contributed by atoms with Crippen molar-refractivity contribution in [3.63, 3.8) is 0 Å². The summed E-state index contributed by atoms with van der Waals surface area (Å²) in [4.78, 5) is 16.8. The number of aryl methyl sites for hydroxylation is 1. The molecule has 17 heavy (non-hydrogen) atoms. The molecule has 1 N–H and O–H groups in total. The zero-order chi connectivity index (χ0) is 12.3. The van der Waals surface area contributed by atoms with Crippen molar-refractivity contribution >= 4 is 5.78 Å². The number of aromatic nitrogens is 1. The normalized spacial score (nSPS) is 18.9. The van der Waals surface area contributed by atoms with Crippen molar-refractivity contribution in [1.29, 1.82) is 0 Å². The van der Waals surface area contributed by atoms with E-state index in [1.54, 1.807) is 6.20 Å². The number of nitrogens with one attached hydrogen (secondary N) is 1. The highest BCUT2D eigenvalue weighted by Crippen LogP contribution is 2.35. The standard InChI is InChI=1S/C14H20N2O/c1-3-14(6-8-15-9-7-14)13(17)12-5-4-11(2)16-10-12/h4-5,10,15H,3,6-9H2,1-2H3. The molecule has 3 heteroatoms. The van der Waals surface area contributed by atoms with Gasteiger partial charge in [-0.3, -0.25) is 9.78 Å². The Hall–Kier alpha value is -1.22. The number of carbonyl (C=O) groups is 1. The lowest BCUT2D eigenvalue weighted by atomic mass is 9.71. The zero-order valence-electron chi connectivity index (χ0n) is 10.6. The molecule has 2 rings (SSSR count). The van der Waals surface area contributed by atoms with Crippen molar-refractivity contribution < 1.29 is 4.79 Å². The Balaban J connectivity index is 2.25. The molecule has 92 valence electrons. The van der Waals surface area contributed by atoms with Gasteiger partial charge in [0.05, 0.1) is 0 Å². The molecule has 0 aromatic carbocycles. The fourth-order valence-corrected chi connectivity index (χ4v) is 2.55. The molecule has 0 atom stereocenters. The molecule has 1 saturated heterocycles. The molecular formula is C14H20N2O. The van der Waals surface area contributed by atoms with Crippen molar-refractivity contribution in [2.45, 2.75) is 33.1 Å². The molecule has 1 aliphatic rings. The molecule has 0 aliphatic carbocycles. The fraction of sp³-hybridized carbons (Fsp3) is 0.571. The Morgan fingerprint density at radius 3 is 2.65 bits per heavy atom. The van der Waals surface area contributed by atoms with E-state index < -0.39 is 0 Å². The van der Waals surface area contributed by atoms with Gasteiger partial charge in [0, 0.05) is 22.9 Å². The van der Waals surface area contributed by atoms with Crippen LogP contribution in [-0.2, 0) is 0 Å². The summed E-state index contributed by atoms with van der Waals surface area (Å²) in [5.74, 6) is 0.272. The van der Waals surface area contributed by atoms with Crippen molar-refractivity contribution in [3.05, 3.63) is 29.6 Å². The van der Waals surface area contributed by atoms with Gasteiger partial charge in [0.1, 0.15) is 0 Å². The summed E-state index contributed by atoms with van der Waals surface area (Å²) in [6.45, 7) is 5.94. The summed E-state index contributed by atoms with van der Waals surface area (Å²) in [6.07, 6.45) is 4.52. The molecule has 0 radical (unpaired) electrons. The van der Waals surface area contributed by atoms with Crippen molar-refractivity contribution in [1.82, 2.24) is 10.3 Å². The first-order chi connectivity index (χ1) is 8.18. The third-order valence-corrected chi connectivity index (χ3v) is 3.89. The average Bonchev–Trinajstić information content (AvgIpc) is 2.39. The van der Waals surface area contributed by atoms with E-state index >= 15 is 0 Å². The van der Waals surface area contributed by atoms with Crippen LogP contribution in [0.25, 0.3) is 0 Å². The highest BCUT2D eigenvalue weighted by Gasteiger charge is 2.38. The average molecular weight is 232 g/mol. The van der Waals surface area contributed by atoms with Crippen molar-refractivity contribution in [3.8, 4) is 0 Å². The van der Waals surface area contributed by atoms with Gasteiger partial charge < -0.3 is 5.32 Å². The van der Waals surface area contributed by atoms with Crippen LogP contribution in [0.15, 0.2) is 18.3 Å². The van der Waals surface area contributed by atoms with Gasteiger partial charge in [-0.05, 0) is 51.4 Å². The van der Waals surface area contributed by atoms with E-state index in [1.165, 1.54) is 0 Å². The number of rotatable bonds is 3. The van der Waals surface area contributed by atoms with Crippen LogP contribution in [0.5, 0.6) is 0 Å².